The lowest BCUT2D eigenvalue weighted by molar-refractivity contribution is -0.132. The molecule has 0 saturated heterocycles. The molecule has 1 aromatic heterocycles. The van der Waals surface area contributed by atoms with E-state index in [1.807, 2.05) is 42.3 Å². The van der Waals surface area contributed by atoms with Gasteiger partial charge in [0.25, 0.3) is 0 Å². The number of carbonyl (C=O) groups is 2. The Labute approximate surface area is 235 Å². The molecule has 0 fully saturated rings. The highest BCUT2D eigenvalue weighted by Crippen LogP contribution is 2.28. The fourth-order valence-corrected chi connectivity index (χ4v) is 5.05. The maximum absolute atomic E-state index is 13.7. The number of methoxy groups -OCH3 is 3. The summed E-state index contributed by atoms with van der Waals surface area (Å²) in [5.74, 6) is 2.11. The van der Waals surface area contributed by atoms with E-state index in [9.17, 15) is 9.59 Å². The van der Waals surface area contributed by atoms with Crippen LogP contribution in [0.5, 0.6) is 17.2 Å². The minimum atomic E-state index is -0.311. The van der Waals surface area contributed by atoms with Crippen LogP contribution in [0, 0.1) is 12.8 Å². The number of carbonyl (C=O) groups excluding carboxylic acids is 2. The second kappa shape index (κ2) is 14.4. The normalized spacial score (nSPS) is 10.7. The third-order valence-electron chi connectivity index (χ3n) is 6.31. The first-order valence-corrected chi connectivity index (χ1v) is 13.8. The van der Waals surface area contributed by atoms with E-state index < -0.39 is 0 Å². The molecule has 0 aliphatic carbocycles. The van der Waals surface area contributed by atoms with E-state index in [1.165, 1.54) is 0 Å². The van der Waals surface area contributed by atoms with E-state index in [0.717, 1.165) is 16.0 Å². The minimum absolute atomic E-state index is 0.0173. The van der Waals surface area contributed by atoms with Gasteiger partial charge in [-0.2, -0.15) is 0 Å². The van der Waals surface area contributed by atoms with Crippen LogP contribution in [0.1, 0.15) is 29.9 Å². The zero-order chi connectivity index (χ0) is 28.4. The van der Waals surface area contributed by atoms with Crippen LogP contribution < -0.4 is 19.5 Å². The minimum Gasteiger partial charge on any atom is -0.497 e. The molecular formula is C30H39N3O5S. The van der Waals surface area contributed by atoms with Crippen molar-refractivity contribution in [3.05, 3.63) is 69.9 Å². The number of anilines is 1. The average molecular weight is 554 g/mol. The number of thiophene rings is 1. The van der Waals surface area contributed by atoms with Crippen LogP contribution in [0.4, 0.5) is 10.5 Å². The molecule has 0 spiro atoms. The van der Waals surface area contributed by atoms with Gasteiger partial charge in [0.2, 0.25) is 5.91 Å². The van der Waals surface area contributed by atoms with Gasteiger partial charge in [-0.3, -0.25) is 4.79 Å². The first-order chi connectivity index (χ1) is 18.7. The smallest absolute Gasteiger partial charge is 0.322 e. The molecule has 8 nitrogen and oxygen atoms in total. The number of ether oxygens (including phenoxy) is 3. The lowest BCUT2D eigenvalue weighted by atomic mass is 10.1. The van der Waals surface area contributed by atoms with E-state index in [4.69, 9.17) is 14.2 Å². The van der Waals surface area contributed by atoms with Crippen LogP contribution in [0.3, 0.4) is 0 Å². The quantitative estimate of drug-likeness (QED) is 0.288. The molecule has 0 aliphatic heterocycles. The molecule has 0 aliphatic rings. The summed E-state index contributed by atoms with van der Waals surface area (Å²) in [4.78, 5) is 31.5. The molecule has 9 heteroatoms. The molecule has 1 N–H and O–H groups in total. The van der Waals surface area contributed by atoms with Crippen molar-refractivity contribution in [2.24, 2.45) is 5.92 Å². The molecule has 3 aromatic rings. The van der Waals surface area contributed by atoms with Crippen molar-refractivity contribution in [1.82, 2.24) is 9.80 Å². The monoisotopic (exact) mass is 553 g/mol. The first kappa shape index (κ1) is 29.8. The zero-order valence-electron chi connectivity index (χ0n) is 23.7. The maximum atomic E-state index is 13.7. The maximum Gasteiger partial charge on any atom is 0.322 e. The fourth-order valence-electron chi connectivity index (χ4n) is 4.13. The van der Waals surface area contributed by atoms with Gasteiger partial charge < -0.3 is 29.3 Å². The van der Waals surface area contributed by atoms with Crippen molar-refractivity contribution < 1.29 is 23.8 Å². The molecule has 210 valence electrons. The topological polar surface area (TPSA) is 80.3 Å². The SMILES string of the molecule is COc1ccc(NC(=O)N(CC(=O)N(CCc2ccc(OC)c(OC)c2)Cc2sccc2C)CC(C)C)cc1. The summed E-state index contributed by atoms with van der Waals surface area (Å²) in [7, 11) is 4.81. The molecule has 0 saturated carbocycles. The highest BCUT2D eigenvalue weighted by atomic mass is 32.1. The summed E-state index contributed by atoms with van der Waals surface area (Å²) in [6.07, 6.45) is 0.638. The number of hydrogen-bond acceptors (Lipinski definition) is 6. The molecule has 3 amide bonds. The molecule has 0 unspecified atom stereocenters. The molecule has 2 aromatic carbocycles. The van der Waals surface area contributed by atoms with E-state index in [1.54, 1.807) is 61.8 Å². The van der Waals surface area contributed by atoms with Gasteiger partial charge >= 0.3 is 6.03 Å². The van der Waals surface area contributed by atoms with Crippen molar-refractivity contribution >= 4 is 29.0 Å². The number of rotatable bonds is 13. The molecule has 0 bridgehead atoms. The summed E-state index contributed by atoms with van der Waals surface area (Å²) in [6.45, 7) is 7.54. The third-order valence-corrected chi connectivity index (χ3v) is 7.32. The van der Waals surface area contributed by atoms with Crippen LogP contribution in [-0.4, -0.2) is 62.7 Å². The zero-order valence-corrected chi connectivity index (χ0v) is 24.5. The number of amides is 3. The lowest BCUT2D eigenvalue weighted by Gasteiger charge is -2.29. The summed E-state index contributed by atoms with van der Waals surface area (Å²) < 4.78 is 16.0. The van der Waals surface area contributed by atoms with Crippen LogP contribution in [0.2, 0.25) is 0 Å². The van der Waals surface area contributed by atoms with Gasteiger partial charge in [0.05, 0.1) is 27.9 Å². The number of urea groups is 1. The third kappa shape index (κ3) is 8.64. The summed E-state index contributed by atoms with van der Waals surface area (Å²) in [5, 5.41) is 4.95. The first-order valence-electron chi connectivity index (χ1n) is 13.0. The Balaban J connectivity index is 1.76. The molecule has 39 heavy (non-hydrogen) atoms. The van der Waals surface area contributed by atoms with Crippen LogP contribution in [0.25, 0.3) is 0 Å². The van der Waals surface area contributed by atoms with Gasteiger partial charge in [0.15, 0.2) is 11.5 Å². The predicted octanol–water partition coefficient (Wildman–Crippen LogP) is 5.84. The molecular weight excluding hydrogens is 514 g/mol. The Kier molecular flexibility index (Phi) is 11.0. The van der Waals surface area contributed by atoms with E-state index in [0.29, 0.717) is 49.0 Å². The van der Waals surface area contributed by atoms with Crippen molar-refractivity contribution in [1.29, 1.82) is 0 Å². The highest BCUT2D eigenvalue weighted by Gasteiger charge is 2.23. The van der Waals surface area contributed by atoms with Crippen LogP contribution >= 0.6 is 11.3 Å². The number of hydrogen-bond donors (Lipinski definition) is 1. The Morgan fingerprint density at radius 3 is 2.23 bits per heavy atom. The number of benzene rings is 2. The van der Waals surface area contributed by atoms with Gasteiger partial charge in [-0.15, -0.1) is 11.3 Å². The summed E-state index contributed by atoms with van der Waals surface area (Å²) >= 11 is 1.63. The molecule has 0 atom stereocenters. The highest BCUT2D eigenvalue weighted by molar-refractivity contribution is 7.10. The van der Waals surface area contributed by atoms with E-state index in [-0.39, 0.29) is 24.4 Å². The predicted molar refractivity (Wildman–Crippen MR) is 156 cm³/mol. The van der Waals surface area contributed by atoms with Crippen LogP contribution in [-0.2, 0) is 17.8 Å². The summed E-state index contributed by atoms with van der Waals surface area (Å²) in [5.41, 5.74) is 2.83. The van der Waals surface area contributed by atoms with Crippen molar-refractivity contribution in [3.63, 3.8) is 0 Å². The molecule has 1 heterocycles. The lowest BCUT2D eigenvalue weighted by Crippen LogP contribution is -2.46. The summed E-state index contributed by atoms with van der Waals surface area (Å²) in [6, 6.07) is 14.7. The Bertz CT molecular complexity index is 1230. The van der Waals surface area contributed by atoms with E-state index >= 15 is 0 Å². The van der Waals surface area contributed by atoms with Crippen molar-refractivity contribution in [3.8, 4) is 17.2 Å². The second-order valence-corrected chi connectivity index (χ2v) is 10.7. The second-order valence-electron chi connectivity index (χ2n) is 9.71. The van der Waals surface area contributed by atoms with Crippen molar-refractivity contribution in [2.75, 3.05) is 46.3 Å². The average Bonchev–Trinajstić information content (AvgIpc) is 3.34. The van der Waals surface area contributed by atoms with Crippen molar-refractivity contribution in [2.45, 2.75) is 33.7 Å². The fraction of sp³-hybridized carbons (Fsp3) is 0.400. The van der Waals surface area contributed by atoms with Gasteiger partial charge in [-0.05, 0) is 78.2 Å². The number of aryl methyl sites for hydroxylation is 1. The van der Waals surface area contributed by atoms with E-state index in [2.05, 4.69) is 18.3 Å². The number of nitrogens with zero attached hydrogens (tertiary/aromatic N) is 2. The molecule has 3 rings (SSSR count). The Morgan fingerprint density at radius 2 is 1.64 bits per heavy atom. The Hall–Kier alpha value is -3.72. The molecule has 0 radical (unpaired) electrons. The van der Waals surface area contributed by atoms with Gasteiger partial charge in [0, 0.05) is 23.7 Å². The van der Waals surface area contributed by atoms with Gasteiger partial charge in [0.1, 0.15) is 12.3 Å². The Morgan fingerprint density at radius 1 is 0.923 bits per heavy atom. The van der Waals surface area contributed by atoms with Crippen LogP contribution in [0.15, 0.2) is 53.9 Å². The van der Waals surface area contributed by atoms with Gasteiger partial charge in [-0.1, -0.05) is 19.9 Å². The number of nitrogens with one attached hydrogen (secondary N) is 1. The largest absolute Gasteiger partial charge is 0.497 e. The van der Waals surface area contributed by atoms with Gasteiger partial charge in [-0.25, -0.2) is 4.79 Å². The standard InChI is InChI=1S/C30H39N3O5S/c1-21(2)18-33(30(35)31-24-8-10-25(36-4)11-9-24)20-29(34)32(19-28-22(3)14-16-39-28)15-13-23-7-12-26(37-5)27(17-23)38-6/h7-12,14,16-17,21H,13,15,18-20H2,1-6H3,(H,31,35).